The Hall–Kier alpha value is -3.45. The van der Waals surface area contributed by atoms with Crippen molar-refractivity contribution in [2.45, 2.75) is 32.0 Å². The van der Waals surface area contributed by atoms with Gasteiger partial charge < -0.3 is 14.4 Å². The molecule has 1 aromatic carbocycles. The highest BCUT2D eigenvalue weighted by Gasteiger charge is 2.30. The van der Waals surface area contributed by atoms with E-state index in [1.807, 2.05) is 47.8 Å². The van der Waals surface area contributed by atoms with Crippen molar-refractivity contribution in [1.82, 2.24) is 19.8 Å². The molecule has 1 amide bonds. The number of hydrogen-bond donors (Lipinski definition) is 0. The topological polar surface area (TPSA) is 67.8 Å². The smallest absolute Gasteiger partial charge is 0.254 e. The van der Waals surface area contributed by atoms with Crippen LogP contribution >= 0.6 is 0 Å². The Morgan fingerprint density at radius 1 is 0.969 bits per heavy atom. The van der Waals surface area contributed by atoms with E-state index in [2.05, 4.69) is 27.0 Å². The molecule has 0 spiro atoms. The molecule has 0 aliphatic carbocycles. The van der Waals surface area contributed by atoms with E-state index in [-0.39, 0.29) is 18.7 Å². The Labute approximate surface area is 187 Å². The maximum Gasteiger partial charge on any atom is 0.254 e. The largest absolute Gasteiger partial charge is 0.454 e. The SMILES string of the molecule is O=C(c1ccc2c(c1)OCO2)N(Cc1cccnc1)C1CCN(Cc2ccncc2)CC1. The van der Waals surface area contributed by atoms with Crippen LogP contribution in [0.4, 0.5) is 0 Å². The van der Waals surface area contributed by atoms with E-state index in [4.69, 9.17) is 9.47 Å². The predicted molar refractivity (Wildman–Crippen MR) is 119 cm³/mol. The lowest BCUT2D eigenvalue weighted by Crippen LogP contribution is -2.46. The summed E-state index contributed by atoms with van der Waals surface area (Å²) in [6.07, 6.45) is 9.12. The van der Waals surface area contributed by atoms with E-state index in [1.165, 1.54) is 5.56 Å². The molecule has 164 valence electrons. The van der Waals surface area contributed by atoms with Crippen molar-refractivity contribution in [2.75, 3.05) is 19.9 Å². The molecule has 0 saturated carbocycles. The molecule has 2 aliphatic rings. The number of fused-ring (bicyclic) bond motifs is 1. The number of piperidine rings is 1. The zero-order valence-electron chi connectivity index (χ0n) is 17.9. The van der Waals surface area contributed by atoms with Crippen molar-refractivity contribution in [3.8, 4) is 11.5 Å². The van der Waals surface area contributed by atoms with Gasteiger partial charge >= 0.3 is 0 Å². The number of hydrogen-bond acceptors (Lipinski definition) is 6. The average Bonchev–Trinajstić information content (AvgIpc) is 3.32. The van der Waals surface area contributed by atoms with Gasteiger partial charge in [0, 0.05) is 62.6 Å². The summed E-state index contributed by atoms with van der Waals surface area (Å²) in [5.74, 6) is 1.33. The number of amides is 1. The van der Waals surface area contributed by atoms with Crippen molar-refractivity contribution in [2.24, 2.45) is 0 Å². The van der Waals surface area contributed by atoms with Crippen LogP contribution in [0.1, 0.15) is 34.3 Å². The first-order valence-corrected chi connectivity index (χ1v) is 11.0. The van der Waals surface area contributed by atoms with Crippen molar-refractivity contribution in [1.29, 1.82) is 0 Å². The number of likely N-dealkylation sites (tertiary alicyclic amines) is 1. The molecule has 0 unspecified atom stereocenters. The Bertz CT molecular complexity index is 1050. The molecule has 0 bridgehead atoms. The number of benzene rings is 1. The second kappa shape index (κ2) is 9.36. The van der Waals surface area contributed by atoms with Gasteiger partial charge in [-0.3, -0.25) is 19.7 Å². The predicted octanol–water partition coefficient (Wildman–Crippen LogP) is 3.51. The summed E-state index contributed by atoms with van der Waals surface area (Å²) >= 11 is 0. The first kappa shape index (κ1) is 20.5. The van der Waals surface area contributed by atoms with Crippen LogP contribution in [0, 0.1) is 0 Å². The molecular weight excluding hydrogens is 404 g/mol. The molecular formula is C25H26N4O3. The van der Waals surface area contributed by atoms with Crippen LogP contribution < -0.4 is 9.47 Å². The first-order chi connectivity index (χ1) is 15.8. The van der Waals surface area contributed by atoms with Crippen LogP contribution in [0.2, 0.25) is 0 Å². The summed E-state index contributed by atoms with van der Waals surface area (Å²) in [6, 6.07) is 13.6. The maximum absolute atomic E-state index is 13.6. The summed E-state index contributed by atoms with van der Waals surface area (Å²) in [6.45, 7) is 3.54. The molecule has 3 aromatic rings. The quantitative estimate of drug-likeness (QED) is 0.596. The fraction of sp³-hybridized carbons (Fsp3) is 0.320. The van der Waals surface area contributed by atoms with Gasteiger partial charge in [0.15, 0.2) is 11.5 Å². The number of carbonyl (C=O) groups excluding carboxylic acids is 1. The Morgan fingerprint density at radius 3 is 2.56 bits per heavy atom. The maximum atomic E-state index is 13.6. The standard InChI is InChI=1S/C25H26N4O3/c30-25(21-3-4-23-24(14-21)32-18-31-23)29(17-20-2-1-9-27-15-20)22-7-12-28(13-8-22)16-19-5-10-26-11-6-19/h1-6,9-11,14-15,22H,7-8,12-13,16-18H2. The summed E-state index contributed by atoms with van der Waals surface area (Å²) in [7, 11) is 0. The lowest BCUT2D eigenvalue weighted by molar-refractivity contribution is 0.0542. The van der Waals surface area contributed by atoms with Gasteiger partial charge in [0.25, 0.3) is 5.91 Å². The Morgan fingerprint density at radius 2 is 1.78 bits per heavy atom. The van der Waals surface area contributed by atoms with Crippen molar-refractivity contribution >= 4 is 5.91 Å². The van der Waals surface area contributed by atoms with Gasteiger partial charge in [0.1, 0.15) is 0 Å². The van der Waals surface area contributed by atoms with Crippen LogP contribution in [-0.4, -0.2) is 51.6 Å². The van der Waals surface area contributed by atoms with Crippen LogP contribution in [-0.2, 0) is 13.1 Å². The highest BCUT2D eigenvalue weighted by molar-refractivity contribution is 5.95. The number of aromatic nitrogens is 2. The second-order valence-electron chi connectivity index (χ2n) is 8.23. The molecule has 0 N–H and O–H groups in total. The van der Waals surface area contributed by atoms with Crippen LogP contribution in [0.5, 0.6) is 11.5 Å². The van der Waals surface area contributed by atoms with Gasteiger partial charge in [-0.15, -0.1) is 0 Å². The van der Waals surface area contributed by atoms with Gasteiger partial charge in [-0.05, 0) is 60.4 Å². The van der Waals surface area contributed by atoms with Crippen LogP contribution in [0.15, 0.2) is 67.3 Å². The van der Waals surface area contributed by atoms with Gasteiger partial charge in [0.05, 0.1) is 0 Å². The molecule has 4 heterocycles. The monoisotopic (exact) mass is 430 g/mol. The van der Waals surface area contributed by atoms with Gasteiger partial charge in [-0.25, -0.2) is 0 Å². The van der Waals surface area contributed by atoms with Gasteiger partial charge in [0.2, 0.25) is 6.79 Å². The van der Waals surface area contributed by atoms with Crippen LogP contribution in [0.3, 0.4) is 0 Å². The zero-order chi connectivity index (χ0) is 21.8. The van der Waals surface area contributed by atoms with E-state index in [1.54, 1.807) is 12.3 Å². The van der Waals surface area contributed by atoms with Crippen molar-refractivity contribution in [3.05, 3.63) is 83.9 Å². The fourth-order valence-corrected chi connectivity index (χ4v) is 4.39. The third-order valence-corrected chi connectivity index (χ3v) is 6.11. The number of pyridine rings is 2. The second-order valence-corrected chi connectivity index (χ2v) is 8.23. The van der Waals surface area contributed by atoms with Gasteiger partial charge in [-0.1, -0.05) is 6.07 Å². The van der Waals surface area contributed by atoms with Crippen molar-refractivity contribution < 1.29 is 14.3 Å². The van der Waals surface area contributed by atoms with Crippen LogP contribution in [0.25, 0.3) is 0 Å². The minimum absolute atomic E-state index is 0.0136. The molecule has 1 fully saturated rings. The minimum atomic E-state index is 0.0136. The van der Waals surface area contributed by atoms with E-state index in [9.17, 15) is 4.79 Å². The van der Waals surface area contributed by atoms with E-state index in [0.29, 0.717) is 23.6 Å². The summed E-state index contributed by atoms with van der Waals surface area (Å²) in [5.41, 5.74) is 2.92. The fourth-order valence-electron chi connectivity index (χ4n) is 4.39. The summed E-state index contributed by atoms with van der Waals surface area (Å²) in [5, 5.41) is 0. The summed E-state index contributed by atoms with van der Waals surface area (Å²) in [4.78, 5) is 26.4. The lowest BCUT2D eigenvalue weighted by Gasteiger charge is -2.38. The molecule has 2 aliphatic heterocycles. The third kappa shape index (κ3) is 4.57. The molecule has 1 saturated heterocycles. The van der Waals surface area contributed by atoms with Gasteiger partial charge in [-0.2, -0.15) is 0 Å². The number of ether oxygens (including phenoxy) is 2. The normalized spacial score (nSPS) is 16.1. The van der Waals surface area contributed by atoms with Crippen molar-refractivity contribution in [3.63, 3.8) is 0 Å². The number of rotatable bonds is 6. The average molecular weight is 431 g/mol. The summed E-state index contributed by atoms with van der Waals surface area (Å²) < 4.78 is 10.9. The molecule has 7 heteroatoms. The lowest BCUT2D eigenvalue weighted by atomic mass is 10.0. The Kier molecular flexibility index (Phi) is 5.98. The van der Waals surface area contributed by atoms with E-state index >= 15 is 0 Å². The molecule has 2 aromatic heterocycles. The minimum Gasteiger partial charge on any atom is -0.454 e. The molecule has 0 radical (unpaired) electrons. The number of carbonyl (C=O) groups is 1. The molecule has 7 nitrogen and oxygen atoms in total. The highest BCUT2D eigenvalue weighted by Crippen LogP contribution is 2.33. The number of nitrogens with zero attached hydrogens (tertiary/aromatic N) is 4. The molecule has 5 rings (SSSR count). The Balaban J connectivity index is 1.32. The molecule has 32 heavy (non-hydrogen) atoms. The molecule has 0 atom stereocenters. The van der Waals surface area contributed by atoms with E-state index < -0.39 is 0 Å². The first-order valence-electron chi connectivity index (χ1n) is 11.0. The third-order valence-electron chi connectivity index (χ3n) is 6.11. The van der Waals surface area contributed by atoms with E-state index in [0.717, 1.165) is 38.0 Å². The zero-order valence-corrected chi connectivity index (χ0v) is 17.9. The highest BCUT2D eigenvalue weighted by atomic mass is 16.7.